The lowest BCUT2D eigenvalue weighted by Gasteiger charge is -2.23. The van der Waals surface area contributed by atoms with Crippen molar-refractivity contribution in [3.05, 3.63) is 33.9 Å². The molecule has 0 fully saturated rings. The molecule has 0 heterocycles. The molecule has 114 valence electrons. The number of carboxylic acids is 1. The van der Waals surface area contributed by atoms with Crippen molar-refractivity contribution < 1.29 is 19.6 Å². The molecule has 0 bridgehead atoms. The molecule has 1 amide bonds. The molecule has 0 atom stereocenters. The molecule has 21 heavy (non-hydrogen) atoms. The monoisotopic (exact) mass is 295 g/mol. The van der Waals surface area contributed by atoms with Crippen LogP contribution in [0.15, 0.2) is 18.2 Å². The molecule has 0 radical (unpaired) electrons. The number of nitrogens with one attached hydrogen (secondary N) is 1. The number of carbonyl (C=O) groups excluding carboxylic acids is 1. The van der Waals surface area contributed by atoms with Gasteiger partial charge in [0.05, 0.1) is 17.0 Å². The molecule has 0 aliphatic heterocycles. The highest BCUT2D eigenvalue weighted by molar-refractivity contribution is 5.90. The quantitative estimate of drug-likeness (QED) is 0.578. The van der Waals surface area contributed by atoms with Gasteiger partial charge in [-0.3, -0.25) is 14.9 Å². The summed E-state index contributed by atoms with van der Waals surface area (Å²) in [6, 6.07) is 3.65. The van der Waals surface area contributed by atoms with Gasteiger partial charge >= 0.3 is 5.97 Å². The van der Waals surface area contributed by atoms with Gasteiger partial charge in [-0.1, -0.05) is 6.92 Å². The first-order chi connectivity index (χ1) is 9.90. The average molecular weight is 295 g/mol. The number of nitro groups is 1. The molecule has 1 aromatic carbocycles. The Bertz CT molecular complexity index is 559. The molecule has 0 aromatic heterocycles. The van der Waals surface area contributed by atoms with Crippen LogP contribution in [0.25, 0.3) is 0 Å². The van der Waals surface area contributed by atoms with E-state index in [0.717, 1.165) is 6.07 Å². The fourth-order valence-electron chi connectivity index (χ4n) is 1.88. The van der Waals surface area contributed by atoms with Gasteiger partial charge in [0, 0.05) is 19.7 Å². The van der Waals surface area contributed by atoms with Crippen LogP contribution >= 0.6 is 0 Å². The third-order valence-corrected chi connectivity index (χ3v) is 2.87. The molecular weight excluding hydrogens is 278 g/mol. The van der Waals surface area contributed by atoms with E-state index in [0.29, 0.717) is 13.0 Å². The number of nitro benzene ring substituents is 1. The van der Waals surface area contributed by atoms with Crippen LogP contribution in [-0.2, 0) is 4.79 Å². The minimum absolute atomic E-state index is 0.0302. The highest BCUT2D eigenvalue weighted by atomic mass is 16.6. The number of likely N-dealkylation sites (N-methyl/N-ethyl adjacent to an activating group) is 1. The maximum absolute atomic E-state index is 11.5. The molecule has 0 spiro atoms. The molecule has 0 saturated carbocycles. The normalized spacial score (nSPS) is 10.0. The summed E-state index contributed by atoms with van der Waals surface area (Å²) < 4.78 is 0. The van der Waals surface area contributed by atoms with Crippen LogP contribution < -0.4 is 10.2 Å². The molecule has 1 rings (SSSR count). The SMILES string of the molecule is CCCN(CC(=O)NC)c1ccc(C(=O)O)cc1[N+](=O)[O-]. The predicted molar refractivity (Wildman–Crippen MR) is 76.6 cm³/mol. The van der Waals surface area contributed by atoms with Gasteiger partial charge < -0.3 is 15.3 Å². The lowest BCUT2D eigenvalue weighted by molar-refractivity contribution is -0.384. The van der Waals surface area contributed by atoms with E-state index in [1.807, 2.05) is 6.92 Å². The number of benzene rings is 1. The number of nitrogens with zero attached hydrogens (tertiary/aromatic N) is 2. The molecule has 8 nitrogen and oxygen atoms in total. The van der Waals surface area contributed by atoms with E-state index >= 15 is 0 Å². The van der Waals surface area contributed by atoms with Gasteiger partial charge in [-0.25, -0.2) is 4.79 Å². The average Bonchev–Trinajstić information content (AvgIpc) is 2.45. The Kier molecular flexibility index (Phi) is 5.65. The summed E-state index contributed by atoms with van der Waals surface area (Å²) in [6.45, 7) is 2.30. The summed E-state index contributed by atoms with van der Waals surface area (Å²) in [5.41, 5.74) is -0.260. The number of rotatable bonds is 7. The fourth-order valence-corrected chi connectivity index (χ4v) is 1.88. The Hall–Kier alpha value is -2.64. The van der Waals surface area contributed by atoms with Gasteiger partial charge in [0.2, 0.25) is 5.91 Å². The summed E-state index contributed by atoms with van der Waals surface area (Å²) >= 11 is 0. The van der Waals surface area contributed by atoms with Crippen LogP contribution in [0.3, 0.4) is 0 Å². The zero-order valence-electron chi connectivity index (χ0n) is 11.8. The van der Waals surface area contributed by atoms with E-state index in [-0.39, 0.29) is 29.4 Å². The van der Waals surface area contributed by atoms with Gasteiger partial charge in [0.1, 0.15) is 5.69 Å². The largest absolute Gasteiger partial charge is 0.478 e. The number of carboxylic acid groups (broad SMARTS) is 1. The third kappa shape index (κ3) is 4.16. The number of aromatic carboxylic acids is 1. The van der Waals surface area contributed by atoms with Gasteiger partial charge in [-0.2, -0.15) is 0 Å². The second-order valence-electron chi connectivity index (χ2n) is 4.36. The Morgan fingerprint density at radius 1 is 1.43 bits per heavy atom. The van der Waals surface area contributed by atoms with E-state index in [9.17, 15) is 19.7 Å². The molecule has 2 N–H and O–H groups in total. The van der Waals surface area contributed by atoms with Crippen LogP contribution in [0.5, 0.6) is 0 Å². The second-order valence-corrected chi connectivity index (χ2v) is 4.36. The Morgan fingerprint density at radius 2 is 2.10 bits per heavy atom. The standard InChI is InChI=1S/C13H17N3O5/c1-3-6-15(8-12(17)14-2)10-5-4-9(13(18)19)7-11(10)16(20)21/h4-5,7H,3,6,8H2,1-2H3,(H,14,17)(H,18,19). The van der Waals surface area contributed by atoms with Crippen molar-refractivity contribution in [2.24, 2.45) is 0 Å². The van der Waals surface area contributed by atoms with E-state index in [1.54, 1.807) is 4.90 Å². The van der Waals surface area contributed by atoms with Crippen molar-refractivity contribution in [1.29, 1.82) is 0 Å². The van der Waals surface area contributed by atoms with Crippen molar-refractivity contribution in [2.75, 3.05) is 25.0 Å². The van der Waals surface area contributed by atoms with Crippen LogP contribution in [0.1, 0.15) is 23.7 Å². The lowest BCUT2D eigenvalue weighted by Crippen LogP contribution is -2.36. The molecule has 0 unspecified atom stereocenters. The predicted octanol–water partition coefficient (Wildman–Crippen LogP) is 1.26. The van der Waals surface area contributed by atoms with E-state index in [4.69, 9.17) is 5.11 Å². The highest BCUT2D eigenvalue weighted by Gasteiger charge is 2.22. The number of hydrogen-bond acceptors (Lipinski definition) is 5. The van der Waals surface area contributed by atoms with Crippen LogP contribution in [0.4, 0.5) is 11.4 Å². The van der Waals surface area contributed by atoms with Gasteiger partial charge in [0.15, 0.2) is 0 Å². The summed E-state index contributed by atoms with van der Waals surface area (Å²) in [7, 11) is 1.48. The molecule has 0 aliphatic carbocycles. The first-order valence-electron chi connectivity index (χ1n) is 6.38. The molecule has 1 aromatic rings. The summed E-state index contributed by atoms with van der Waals surface area (Å²) in [4.78, 5) is 34.5. The highest BCUT2D eigenvalue weighted by Crippen LogP contribution is 2.29. The van der Waals surface area contributed by atoms with E-state index in [2.05, 4.69) is 5.32 Å². The number of hydrogen-bond donors (Lipinski definition) is 2. The Morgan fingerprint density at radius 3 is 2.57 bits per heavy atom. The van der Waals surface area contributed by atoms with Crippen molar-refractivity contribution in [3.8, 4) is 0 Å². The fraction of sp³-hybridized carbons (Fsp3) is 0.385. The van der Waals surface area contributed by atoms with E-state index in [1.165, 1.54) is 19.2 Å². The molecule has 0 aliphatic rings. The molecule has 0 saturated heterocycles. The number of amides is 1. The molecular formula is C13H17N3O5. The third-order valence-electron chi connectivity index (χ3n) is 2.87. The zero-order valence-corrected chi connectivity index (χ0v) is 11.8. The number of carbonyl (C=O) groups is 2. The van der Waals surface area contributed by atoms with Crippen molar-refractivity contribution >= 4 is 23.3 Å². The first-order valence-corrected chi connectivity index (χ1v) is 6.38. The minimum Gasteiger partial charge on any atom is -0.478 e. The Labute approximate surface area is 121 Å². The maximum Gasteiger partial charge on any atom is 0.335 e. The zero-order chi connectivity index (χ0) is 16.0. The summed E-state index contributed by atoms with van der Waals surface area (Å²) in [5, 5.41) is 22.5. The smallest absolute Gasteiger partial charge is 0.335 e. The minimum atomic E-state index is -1.24. The second kappa shape index (κ2) is 7.22. The van der Waals surface area contributed by atoms with E-state index < -0.39 is 10.9 Å². The van der Waals surface area contributed by atoms with Gasteiger partial charge in [0.25, 0.3) is 5.69 Å². The summed E-state index contributed by atoms with van der Waals surface area (Å²) in [5.74, 6) is -1.52. The topological polar surface area (TPSA) is 113 Å². The lowest BCUT2D eigenvalue weighted by atomic mass is 10.1. The number of anilines is 1. The van der Waals surface area contributed by atoms with Crippen molar-refractivity contribution in [3.63, 3.8) is 0 Å². The van der Waals surface area contributed by atoms with Crippen LogP contribution in [0.2, 0.25) is 0 Å². The van der Waals surface area contributed by atoms with Gasteiger partial charge in [-0.15, -0.1) is 0 Å². The molecule has 8 heteroatoms. The van der Waals surface area contributed by atoms with Gasteiger partial charge in [-0.05, 0) is 18.6 Å². The van der Waals surface area contributed by atoms with Crippen molar-refractivity contribution in [1.82, 2.24) is 5.32 Å². The van der Waals surface area contributed by atoms with Crippen molar-refractivity contribution in [2.45, 2.75) is 13.3 Å². The Balaban J connectivity index is 3.26. The maximum atomic E-state index is 11.5. The first kappa shape index (κ1) is 16.4. The van der Waals surface area contributed by atoms with Crippen LogP contribution in [0, 0.1) is 10.1 Å². The van der Waals surface area contributed by atoms with Crippen LogP contribution in [-0.4, -0.2) is 42.0 Å². The summed E-state index contributed by atoms with van der Waals surface area (Å²) in [6.07, 6.45) is 0.689.